The molecule has 0 fully saturated rings. The summed E-state index contributed by atoms with van der Waals surface area (Å²) < 4.78 is 5.12. The number of hydrogen-bond acceptors (Lipinski definition) is 3. The molecule has 15 heavy (non-hydrogen) atoms. The van der Waals surface area contributed by atoms with Crippen molar-refractivity contribution in [2.24, 2.45) is 0 Å². The fourth-order valence-electron chi connectivity index (χ4n) is 1.33. The fourth-order valence-corrected chi connectivity index (χ4v) is 1.33. The number of carbonyl (C=O) groups is 2. The number of quaternary nitrogens is 1. The Morgan fingerprint density at radius 1 is 1.33 bits per heavy atom. The molecule has 0 amide bonds. The van der Waals surface area contributed by atoms with Gasteiger partial charge in [0.25, 0.3) is 0 Å². The highest BCUT2D eigenvalue weighted by molar-refractivity contribution is 5.72. The quantitative estimate of drug-likeness (QED) is 0.400. The lowest BCUT2D eigenvalue weighted by molar-refractivity contribution is -0.887. The van der Waals surface area contributed by atoms with Crippen LogP contribution < -0.4 is 0 Å². The first-order valence-corrected chi connectivity index (χ1v) is 4.92. The molecule has 0 aromatic carbocycles. The zero-order valence-electron chi connectivity index (χ0n) is 9.82. The van der Waals surface area contributed by atoms with Crippen LogP contribution in [0.5, 0.6) is 0 Å². The normalized spacial score (nSPS) is 13.3. The summed E-state index contributed by atoms with van der Waals surface area (Å²) in [6.07, 6.45) is 1.08. The molecule has 1 N–H and O–H groups in total. The fraction of sp³-hybridized carbons (Fsp3) is 0.800. The second kappa shape index (κ2) is 5.70. The third-order valence-electron chi connectivity index (χ3n) is 2.15. The maximum Gasteiger partial charge on any atom is 0.362 e. The number of hydrogen-bond donors (Lipinski definition) is 1. The van der Waals surface area contributed by atoms with Crippen LogP contribution in [0.3, 0.4) is 0 Å². The summed E-state index contributed by atoms with van der Waals surface area (Å²) in [5.41, 5.74) is 0. The lowest BCUT2D eigenvalue weighted by Gasteiger charge is -2.30. The van der Waals surface area contributed by atoms with Gasteiger partial charge in [-0.25, -0.2) is 4.79 Å². The van der Waals surface area contributed by atoms with Crippen LogP contribution in [0, 0.1) is 0 Å². The van der Waals surface area contributed by atoms with Gasteiger partial charge in [-0.2, -0.15) is 0 Å². The SMILES string of the molecule is CC(=O)OCCCC(C(=O)O)[N+](C)(C)C. The molecule has 1 atom stereocenters. The predicted octanol–water partition coefficient (Wildman–Crippen LogP) is 0.489. The molecule has 0 saturated carbocycles. The zero-order chi connectivity index (χ0) is 12.1. The lowest BCUT2D eigenvalue weighted by atomic mass is 10.1. The molecular formula is C10H20NO4+. The summed E-state index contributed by atoms with van der Waals surface area (Å²) >= 11 is 0. The number of carboxylic acid groups (broad SMARTS) is 1. The van der Waals surface area contributed by atoms with Gasteiger partial charge in [-0.3, -0.25) is 4.79 Å². The number of likely N-dealkylation sites (N-methyl/N-ethyl adjacent to an activating group) is 1. The number of esters is 1. The minimum absolute atomic E-state index is 0.291. The molecule has 0 rings (SSSR count). The van der Waals surface area contributed by atoms with E-state index in [1.165, 1.54) is 6.92 Å². The van der Waals surface area contributed by atoms with Gasteiger partial charge in [0.2, 0.25) is 0 Å². The van der Waals surface area contributed by atoms with Crippen LogP contribution in [0.1, 0.15) is 19.8 Å². The van der Waals surface area contributed by atoms with Crippen molar-refractivity contribution in [2.45, 2.75) is 25.8 Å². The van der Waals surface area contributed by atoms with E-state index in [-0.39, 0.29) is 5.97 Å². The Hall–Kier alpha value is -1.10. The predicted molar refractivity (Wildman–Crippen MR) is 55.3 cm³/mol. The van der Waals surface area contributed by atoms with Gasteiger partial charge in [0.15, 0.2) is 6.04 Å². The van der Waals surface area contributed by atoms with Crippen molar-refractivity contribution < 1.29 is 23.9 Å². The van der Waals surface area contributed by atoms with Gasteiger partial charge in [-0.05, 0) is 6.42 Å². The van der Waals surface area contributed by atoms with Crippen molar-refractivity contribution in [2.75, 3.05) is 27.7 Å². The van der Waals surface area contributed by atoms with E-state index >= 15 is 0 Å². The van der Waals surface area contributed by atoms with Gasteiger partial charge in [0.05, 0.1) is 27.7 Å². The van der Waals surface area contributed by atoms with Crippen molar-refractivity contribution in [3.05, 3.63) is 0 Å². The number of nitrogens with zero attached hydrogens (tertiary/aromatic N) is 1. The van der Waals surface area contributed by atoms with Gasteiger partial charge < -0.3 is 14.3 Å². The van der Waals surface area contributed by atoms with Crippen LogP contribution in [-0.2, 0) is 14.3 Å². The van der Waals surface area contributed by atoms with Crippen LogP contribution in [0.15, 0.2) is 0 Å². The maximum atomic E-state index is 11.0. The smallest absolute Gasteiger partial charge is 0.362 e. The first-order chi connectivity index (χ1) is 6.75. The topological polar surface area (TPSA) is 63.6 Å². The van der Waals surface area contributed by atoms with Crippen molar-refractivity contribution >= 4 is 11.9 Å². The molecule has 0 spiro atoms. The number of carboxylic acids is 1. The molecule has 0 heterocycles. The van der Waals surface area contributed by atoms with E-state index in [0.29, 0.717) is 23.9 Å². The largest absolute Gasteiger partial charge is 0.477 e. The summed E-state index contributed by atoms with van der Waals surface area (Å²) in [4.78, 5) is 21.4. The van der Waals surface area contributed by atoms with Gasteiger partial charge in [-0.1, -0.05) is 0 Å². The number of aliphatic carboxylic acids is 1. The van der Waals surface area contributed by atoms with E-state index in [4.69, 9.17) is 9.84 Å². The van der Waals surface area contributed by atoms with Crippen LogP contribution in [0.2, 0.25) is 0 Å². The molecule has 1 unspecified atom stereocenters. The van der Waals surface area contributed by atoms with Crippen LogP contribution in [0.25, 0.3) is 0 Å². The molecule has 0 aromatic rings. The zero-order valence-corrected chi connectivity index (χ0v) is 9.82. The molecule has 0 saturated heterocycles. The Bertz CT molecular complexity index is 232. The molecule has 5 heteroatoms. The van der Waals surface area contributed by atoms with Crippen LogP contribution in [-0.4, -0.2) is 55.3 Å². The Labute approximate surface area is 90.2 Å². The average Bonchev–Trinajstić information content (AvgIpc) is 1.99. The number of rotatable bonds is 6. The lowest BCUT2D eigenvalue weighted by Crippen LogP contribution is -2.49. The minimum atomic E-state index is -0.815. The summed E-state index contributed by atoms with van der Waals surface area (Å²) in [7, 11) is 5.51. The minimum Gasteiger partial charge on any atom is -0.477 e. The molecule has 88 valence electrons. The standard InChI is InChI=1S/C10H19NO4/c1-8(12)15-7-5-6-9(10(13)14)11(2,3)4/h9H,5-7H2,1-4H3/p+1. The Kier molecular flexibility index (Phi) is 5.28. The highest BCUT2D eigenvalue weighted by atomic mass is 16.5. The second-order valence-electron chi connectivity index (χ2n) is 4.45. The number of carbonyl (C=O) groups excluding carboxylic acids is 1. The molecule has 0 bridgehead atoms. The molecule has 0 aromatic heterocycles. The van der Waals surface area contributed by atoms with Gasteiger partial charge >= 0.3 is 11.9 Å². The van der Waals surface area contributed by atoms with E-state index in [9.17, 15) is 9.59 Å². The van der Waals surface area contributed by atoms with Crippen molar-refractivity contribution in [1.29, 1.82) is 0 Å². The van der Waals surface area contributed by atoms with Gasteiger partial charge in [-0.15, -0.1) is 0 Å². The Balaban J connectivity index is 3.99. The van der Waals surface area contributed by atoms with Crippen LogP contribution >= 0.6 is 0 Å². The molecule has 0 aliphatic heterocycles. The van der Waals surface area contributed by atoms with E-state index in [0.717, 1.165) is 0 Å². The monoisotopic (exact) mass is 218 g/mol. The third-order valence-corrected chi connectivity index (χ3v) is 2.15. The Morgan fingerprint density at radius 3 is 2.20 bits per heavy atom. The van der Waals surface area contributed by atoms with Crippen LogP contribution in [0.4, 0.5) is 0 Å². The molecular weight excluding hydrogens is 198 g/mol. The molecule has 0 radical (unpaired) electrons. The first-order valence-electron chi connectivity index (χ1n) is 4.92. The van der Waals surface area contributed by atoms with E-state index in [2.05, 4.69) is 0 Å². The highest BCUT2D eigenvalue weighted by Crippen LogP contribution is 2.10. The highest BCUT2D eigenvalue weighted by Gasteiger charge is 2.30. The first kappa shape index (κ1) is 13.9. The van der Waals surface area contributed by atoms with Gasteiger partial charge in [0, 0.05) is 13.3 Å². The summed E-state index contributed by atoms with van der Waals surface area (Å²) in [6.45, 7) is 1.63. The summed E-state index contributed by atoms with van der Waals surface area (Å²) in [6, 6.07) is -0.458. The van der Waals surface area contributed by atoms with E-state index < -0.39 is 12.0 Å². The van der Waals surface area contributed by atoms with E-state index in [1.54, 1.807) is 0 Å². The van der Waals surface area contributed by atoms with E-state index in [1.807, 2.05) is 21.1 Å². The molecule has 0 aliphatic carbocycles. The second-order valence-corrected chi connectivity index (χ2v) is 4.45. The summed E-state index contributed by atoms with van der Waals surface area (Å²) in [5.74, 6) is -1.14. The number of ether oxygens (including phenoxy) is 1. The third kappa shape index (κ3) is 6.06. The van der Waals surface area contributed by atoms with Crippen molar-refractivity contribution in [3.63, 3.8) is 0 Å². The van der Waals surface area contributed by atoms with Gasteiger partial charge in [0.1, 0.15) is 0 Å². The molecule has 5 nitrogen and oxygen atoms in total. The molecule has 0 aliphatic rings. The average molecular weight is 218 g/mol. The van der Waals surface area contributed by atoms with Crippen molar-refractivity contribution in [3.8, 4) is 0 Å². The Morgan fingerprint density at radius 2 is 1.87 bits per heavy atom. The van der Waals surface area contributed by atoms with Crippen molar-refractivity contribution in [1.82, 2.24) is 0 Å². The summed E-state index contributed by atoms with van der Waals surface area (Å²) in [5, 5.41) is 8.99. The maximum absolute atomic E-state index is 11.0.